The Balaban J connectivity index is 1.61. The largest absolute Gasteiger partial charge is 0.378 e. The van der Waals surface area contributed by atoms with Gasteiger partial charge in [-0.2, -0.15) is 0 Å². The standard InChI is InChI=1S/C21H26FN5O4S/c1-25(21(29)26-9-11-31-12-10-26)7-8-27(15-20(28)24-30)32-18-5-6-19(23-14-18)16-3-2-4-17(22)13-16/h2-6,13-14,30H,7-12,15H2,1H3,(H,24,28). The number of nitrogens with zero attached hydrogens (tertiary/aromatic N) is 4. The van der Waals surface area contributed by atoms with Crippen LogP contribution >= 0.6 is 11.9 Å². The molecule has 172 valence electrons. The van der Waals surface area contributed by atoms with Gasteiger partial charge in [0.05, 0.1) is 25.5 Å². The first-order valence-corrected chi connectivity index (χ1v) is 10.9. The lowest BCUT2D eigenvalue weighted by molar-refractivity contribution is -0.129. The van der Waals surface area contributed by atoms with Gasteiger partial charge < -0.3 is 14.5 Å². The van der Waals surface area contributed by atoms with Gasteiger partial charge in [-0.25, -0.2) is 19.0 Å². The molecule has 1 aromatic heterocycles. The van der Waals surface area contributed by atoms with Crippen molar-refractivity contribution < 1.29 is 23.9 Å². The average molecular weight is 464 g/mol. The zero-order chi connectivity index (χ0) is 22.9. The summed E-state index contributed by atoms with van der Waals surface area (Å²) in [6.07, 6.45) is 1.64. The van der Waals surface area contributed by atoms with Crippen molar-refractivity contribution in [3.8, 4) is 11.3 Å². The fourth-order valence-corrected chi connectivity index (χ4v) is 3.99. The SMILES string of the molecule is CN(CCN(CC(=O)NO)Sc1ccc(-c2cccc(F)c2)nc1)C(=O)N1CCOCC1. The third-order valence-electron chi connectivity index (χ3n) is 4.83. The summed E-state index contributed by atoms with van der Waals surface area (Å²) in [6.45, 7) is 2.85. The Kier molecular flexibility index (Phi) is 8.80. The first-order valence-electron chi connectivity index (χ1n) is 10.1. The molecule has 9 nitrogen and oxygen atoms in total. The van der Waals surface area contributed by atoms with Gasteiger partial charge in [-0.15, -0.1) is 0 Å². The molecule has 1 saturated heterocycles. The van der Waals surface area contributed by atoms with Crippen LogP contribution in [0.3, 0.4) is 0 Å². The Labute approximate surface area is 190 Å². The van der Waals surface area contributed by atoms with Crippen LogP contribution in [-0.4, -0.2) is 89.2 Å². The summed E-state index contributed by atoms with van der Waals surface area (Å²) in [4.78, 5) is 32.8. The molecule has 0 spiro atoms. The number of aromatic nitrogens is 1. The number of carbonyl (C=O) groups is 2. The van der Waals surface area contributed by atoms with Gasteiger partial charge in [0.25, 0.3) is 5.91 Å². The van der Waals surface area contributed by atoms with E-state index in [1.807, 2.05) is 6.07 Å². The summed E-state index contributed by atoms with van der Waals surface area (Å²) < 4.78 is 20.5. The monoisotopic (exact) mass is 463 g/mol. The van der Waals surface area contributed by atoms with E-state index in [4.69, 9.17) is 9.94 Å². The molecule has 0 bridgehead atoms. The highest BCUT2D eigenvalue weighted by atomic mass is 32.2. The number of hydrogen-bond acceptors (Lipinski definition) is 7. The van der Waals surface area contributed by atoms with Crippen LogP contribution < -0.4 is 5.48 Å². The molecule has 32 heavy (non-hydrogen) atoms. The molecule has 2 aromatic rings. The van der Waals surface area contributed by atoms with E-state index < -0.39 is 5.91 Å². The van der Waals surface area contributed by atoms with Crippen LogP contribution in [0.15, 0.2) is 47.5 Å². The third kappa shape index (κ3) is 6.89. The van der Waals surface area contributed by atoms with Crippen LogP contribution in [0.2, 0.25) is 0 Å². The van der Waals surface area contributed by atoms with Crippen molar-refractivity contribution in [1.29, 1.82) is 0 Å². The Morgan fingerprint density at radius 1 is 1.25 bits per heavy atom. The number of urea groups is 1. The maximum Gasteiger partial charge on any atom is 0.319 e. The van der Waals surface area contributed by atoms with Crippen molar-refractivity contribution in [3.63, 3.8) is 0 Å². The van der Waals surface area contributed by atoms with Crippen LogP contribution in [0.25, 0.3) is 11.3 Å². The first-order chi connectivity index (χ1) is 15.5. The highest BCUT2D eigenvalue weighted by molar-refractivity contribution is 7.97. The Morgan fingerprint density at radius 2 is 2.03 bits per heavy atom. The number of halogens is 1. The van der Waals surface area contributed by atoms with Crippen LogP contribution in [0.5, 0.6) is 0 Å². The van der Waals surface area contributed by atoms with Crippen molar-refractivity contribution in [1.82, 2.24) is 24.6 Å². The molecular formula is C21H26FN5O4S. The van der Waals surface area contributed by atoms with E-state index in [-0.39, 0.29) is 18.4 Å². The van der Waals surface area contributed by atoms with Crippen molar-refractivity contribution in [2.45, 2.75) is 4.90 Å². The minimum Gasteiger partial charge on any atom is -0.378 e. The lowest BCUT2D eigenvalue weighted by atomic mass is 10.1. The second-order valence-electron chi connectivity index (χ2n) is 7.18. The van der Waals surface area contributed by atoms with Gasteiger partial charge in [0.15, 0.2) is 0 Å². The molecule has 1 aromatic carbocycles. The number of ether oxygens (including phenoxy) is 1. The van der Waals surface area contributed by atoms with Crippen molar-refractivity contribution in [3.05, 3.63) is 48.4 Å². The predicted molar refractivity (Wildman–Crippen MR) is 117 cm³/mol. The molecule has 1 aliphatic heterocycles. The number of carbonyl (C=O) groups excluding carboxylic acids is 2. The highest BCUT2D eigenvalue weighted by Gasteiger charge is 2.21. The fraction of sp³-hybridized carbons (Fsp3) is 0.381. The molecule has 0 atom stereocenters. The smallest absolute Gasteiger partial charge is 0.319 e. The predicted octanol–water partition coefficient (Wildman–Crippen LogP) is 2.09. The molecule has 0 aliphatic carbocycles. The molecule has 3 rings (SSSR count). The van der Waals surface area contributed by atoms with Crippen molar-refractivity contribution in [2.75, 3.05) is 53.0 Å². The van der Waals surface area contributed by atoms with Crippen LogP contribution in [0.1, 0.15) is 0 Å². The lowest BCUT2D eigenvalue weighted by Gasteiger charge is -2.32. The molecule has 2 N–H and O–H groups in total. The number of pyridine rings is 1. The van der Waals surface area contributed by atoms with E-state index in [1.54, 1.807) is 51.0 Å². The van der Waals surface area contributed by atoms with Gasteiger partial charge in [0, 0.05) is 49.9 Å². The van der Waals surface area contributed by atoms with Gasteiger partial charge in [-0.05, 0) is 36.2 Å². The highest BCUT2D eigenvalue weighted by Crippen LogP contribution is 2.25. The van der Waals surface area contributed by atoms with E-state index in [0.29, 0.717) is 50.7 Å². The normalized spacial score (nSPS) is 13.8. The van der Waals surface area contributed by atoms with Gasteiger partial charge in [-0.1, -0.05) is 12.1 Å². The maximum absolute atomic E-state index is 13.5. The molecule has 0 saturated carbocycles. The zero-order valence-corrected chi connectivity index (χ0v) is 18.6. The molecule has 1 aliphatic rings. The third-order valence-corrected chi connectivity index (χ3v) is 5.85. The number of rotatable bonds is 8. The fourth-order valence-electron chi connectivity index (χ4n) is 3.11. The van der Waals surface area contributed by atoms with Gasteiger partial charge in [0.1, 0.15) is 5.82 Å². The molecule has 0 radical (unpaired) electrons. The number of amides is 3. The Morgan fingerprint density at radius 3 is 2.69 bits per heavy atom. The number of benzene rings is 1. The van der Waals surface area contributed by atoms with E-state index in [9.17, 15) is 14.0 Å². The van der Waals surface area contributed by atoms with Gasteiger partial charge in [-0.3, -0.25) is 15.0 Å². The van der Waals surface area contributed by atoms with E-state index in [1.165, 1.54) is 24.1 Å². The average Bonchev–Trinajstić information content (AvgIpc) is 2.82. The second kappa shape index (κ2) is 11.8. The summed E-state index contributed by atoms with van der Waals surface area (Å²) in [5.41, 5.74) is 2.93. The van der Waals surface area contributed by atoms with Crippen LogP contribution in [0, 0.1) is 5.82 Å². The summed E-state index contributed by atoms with van der Waals surface area (Å²) in [5.74, 6) is -0.899. The summed E-state index contributed by atoms with van der Waals surface area (Å²) in [7, 11) is 1.71. The summed E-state index contributed by atoms with van der Waals surface area (Å²) in [5, 5.41) is 8.91. The Bertz CT molecular complexity index is 911. The first kappa shape index (κ1) is 23.9. The van der Waals surface area contributed by atoms with Gasteiger partial charge >= 0.3 is 6.03 Å². The summed E-state index contributed by atoms with van der Waals surface area (Å²) >= 11 is 1.28. The minimum atomic E-state index is -0.566. The minimum absolute atomic E-state index is 0.0770. The van der Waals surface area contributed by atoms with E-state index >= 15 is 0 Å². The summed E-state index contributed by atoms with van der Waals surface area (Å²) in [6, 6.07) is 9.69. The quantitative estimate of drug-likeness (QED) is 0.351. The van der Waals surface area contributed by atoms with Crippen molar-refractivity contribution >= 4 is 23.9 Å². The topological polar surface area (TPSA) is 98.2 Å². The van der Waals surface area contributed by atoms with E-state index in [2.05, 4.69) is 4.98 Å². The molecule has 11 heteroatoms. The zero-order valence-electron chi connectivity index (χ0n) is 17.7. The van der Waals surface area contributed by atoms with Crippen molar-refractivity contribution in [2.24, 2.45) is 0 Å². The second-order valence-corrected chi connectivity index (χ2v) is 8.35. The maximum atomic E-state index is 13.5. The molecule has 1 fully saturated rings. The number of morpholine rings is 1. The molecular weight excluding hydrogens is 437 g/mol. The van der Waals surface area contributed by atoms with Gasteiger partial charge in [0.2, 0.25) is 0 Å². The number of likely N-dealkylation sites (N-methyl/N-ethyl adjacent to an activating group) is 1. The Hall–Kier alpha value is -2.73. The molecule has 2 heterocycles. The number of nitrogens with one attached hydrogen (secondary N) is 1. The van der Waals surface area contributed by atoms with E-state index in [0.717, 1.165) is 4.90 Å². The lowest BCUT2D eigenvalue weighted by Crippen LogP contribution is -2.48. The molecule has 0 unspecified atom stereocenters. The number of hydroxylamine groups is 1. The molecule has 3 amide bonds. The number of hydrogen-bond donors (Lipinski definition) is 2. The van der Waals surface area contributed by atoms with Crippen LogP contribution in [-0.2, 0) is 9.53 Å². The van der Waals surface area contributed by atoms with Crippen LogP contribution in [0.4, 0.5) is 9.18 Å².